The van der Waals surface area contributed by atoms with E-state index in [9.17, 15) is 0 Å². The van der Waals surface area contributed by atoms with Gasteiger partial charge in [0.05, 0.1) is 0 Å². The average Bonchev–Trinajstić information content (AvgIpc) is 2.68. The van der Waals surface area contributed by atoms with Gasteiger partial charge in [0.15, 0.2) is 5.82 Å². The first-order chi connectivity index (χ1) is 6.90. The SMILES string of the molecule is NCCc1nc(C2CCCSC2)n[nH]1. The van der Waals surface area contributed by atoms with Crippen molar-refractivity contribution in [2.75, 3.05) is 18.1 Å². The maximum absolute atomic E-state index is 5.46. The van der Waals surface area contributed by atoms with Crippen LogP contribution in [0.3, 0.4) is 0 Å². The summed E-state index contributed by atoms with van der Waals surface area (Å²) in [6.45, 7) is 0.633. The lowest BCUT2D eigenvalue weighted by Crippen LogP contribution is -2.10. The highest BCUT2D eigenvalue weighted by molar-refractivity contribution is 7.99. The monoisotopic (exact) mass is 212 g/mol. The quantitative estimate of drug-likeness (QED) is 0.781. The molecule has 1 atom stereocenters. The van der Waals surface area contributed by atoms with Gasteiger partial charge < -0.3 is 5.73 Å². The van der Waals surface area contributed by atoms with Crippen LogP contribution in [-0.4, -0.2) is 33.2 Å². The molecule has 2 heterocycles. The third kappa shape index (κ3) is 2.27. The van der Waals surface area contributed by atoms with Crippen LogP contribution in [0.4, 0.5) is 0 Å². The number of nitrogens with one attached hydrogen (secondary N) is 1. The standard InChI is InChI=1S/C9H16N4S/c10-4-3-8-11-9(13-12-8)7-2-1-5-14-6-7/h7H,1-6,10H2,(H,11,12,13). The summed E-state index contributed by atoms with van der Waals surface area (Å²) in [7, 11) is 0. The van der Waals surface area contributed by atoms with Crippen molar-refractivity contribution in [2.45, 2.75) is 25.2 Å². The molecule has 0 aliphatic carbocycles. The van der Waals surface area contributed by atoms with E-state index in [1.165, 1.54) is 24.3 Å². The maximum Gasteiger partial charge on any atom is 0.154 e. The normalized spacial score (nSPS) is 22.5. The molecule has 78 valence electrons. The molecular formula is C9H16N4S. The number of hydrogen-bond donors (Lipinski definition) is 2. The van der Waals surface area contributed by atoms with Crippen LogP contribution < -0.4 is 5.73 Å². The maximum atomic E-state index is 5.46. The highest BCUT2D eigenvalue weighted by Gasteiger charge is 2.19. The second-order valence-electron chi connectivity index (χ2n) is 3.59. The highest BCUT2D eigenvalue weighted by Crippen LogP contribution is 2.28. The molecule has 1 saturated heterocycles. The fourth-order valence-electron chi connectivity index (χ4n) is 1.69. The summed E-state index contributed by atoms with van der Waals surface area (Å²) in [5.74, 6) is 4.92. The zero-order chi connectivity index (χ0) is 9.80. The van der Waals surface area contributed by atoms with Crippen molar-refractivity contribution in [2.24, 2.45) is 5.73 Å². The molecule has 1 aromatic heterocycles. The van der Waals surface area contributed by atoms with Gasteiger partial charge in [-0.25, -0.2) is 4.98 Å². The van der Waals surface area contributed by atoms with E-state index in [4.69, 9.17) is 5.73 Å². The predicted molar refractivity (Wildman–Crippen MR) is 58.4 cm³/mol. The van der Waals surface area contributed by atoms with Crippen LogP contribution in [-0.2, 0) is 6.42 Å². The molecule has 0 spiro atoms. The Hall–Kier alpha value is -0.550. The van der Waals surface area contributed by atoms with Gasteiger partial charge in [-0.1, -0.05) is 0 Å². The predicted octanol–water partition coefficient (Wildman–Crippen LogP) is 0.916. The van der Waals surface area contributed by atoms with Gasteiger partial charge in [-0.2, -0.15) is 16.9 Å². The molecule has 1 aromatic rings. The second-order valence-corrected chi connectivity index (χ2v) is 4.74. The van der Waals surface area contributed by atoms with Gasteiger partial charge in [-0.3, -0.25) is 5.10 Å². The number of H-pyrrole nitrogens is 1. The van der Waals surface area contributed by atoms with Crippen LogP contribution in [0.15, 0.2) is 0 Å². The zero-order valence-corrected chi connectivity index (χ0v) is 9.02. The number of aromatic amines is 1. The van der Waals surface area contributed by atoms with Gasteiger partial charge in [-0.15, -0.1) is 0 Å². The van der Waals surface area contributed by atoms with Crippen molar-refractivity contribution in [1.82, 2.24) is 15.2 Å². The van der Waals surface area contributed by atoms with Crippen molar-refractivity contribution >= 4 is 11.8 Å². The molecule has 0 amide bonds. The van der Waals surface area contributed by atoms with E-state index in [-0.39, 0.29) is 0 Å². The summed E-state index contributed by atoms with van der Waals surface area (Å²) >= 11 is 2.00. The number of hydrogen-bond acceptors (Lipinski definition) is 4. The third-order valence-corrected chi connectivity index (χ3v) is 3.67. The molecule has 2 rings (SSSR count). The van der Waals surface area contributed by atoms with Crippen molar-refractivity contribution in [3.8, 4) is 0 Å². The second kappa shape index (κ2) is 4.79. The van der Waals surface area contributed by atoms with Crippen molar-refractivity contribution in [3.05, 3.63) is 11.6 Å². The molecule has 5 heteroatoms. The van der Waals surface area contributed by atoms with Crippen molar-refractivity contribution < 1.29 is 0 Å². The molecule has 1 aliphatic heterocycles. The minimum absolute atomic E-state index is 0.552. The van der Waals surface area contributed by atoms with Gasteiger partial charge in [0.1, 0.15) is 5.82 Å². The molecule has 14 heavy (non-hydrogen) atoms. The van der Waals surface area contributed by atoms with Crippen LogP contribution in [0.2, 0.25) is 0 Å². The van der Waals surface area contributed by atoms with Crippen LogP contribution >= 0.6 is 11.8 Å². The summed E-state index contributed by atoms with van der Waals surface area (Å²) < 4.78 is 0. The fourth-order valence-corrected chi connectivity index (χ4v) is 2.82. The lowest BCUT2D eigenvalue weighted by atomic mass is 10.1. The smallest absolute Gasteiger partial charge is 0.154 e. The van der Waals surface area contributed by atoms with Crippen LogP contribution in [0, 0.1) is 0 Å². The lowest BCUT2D eigenvalue weighted by molar-refractivity contribution is 0.625. The molecule has 3 N–H and O–H groups in total. The van der Waals surface area contributed by atoms with Gasteiger partial charge in [-0.05, 0) is 25.1 Å². The Bertz CT molecular complexity index is 280. The van der Waals surface area contributed by atoms with Gasteiger partial charge >= 0.3 is 0 Å². The largest absolute Gasteiger partial charge is 0.330 e. The molecule has 0 radical (unpaired) electrons. The van der Waals surface area contributed by atoms with E-state index in [1.807, 2.05) is 11.8 Å². The summed E-state index contributed by atoms with van der Waals surface area (Å²) in [6.07, 6.45) is 3.32. The number of thioether (sulfide) groups is 1. The average molecular weight is 212 g/mol. The minimum Gasteiger partial charge on any atom is -0.330 e. The molecule has 0 aromatic carbocycles. The Morgan fingerprint density at radius 2 is 2.50 bits per heavy atom. The number of nitrogens with two attached hydrogens (primary N) is 1. The molecular weight excluding hydrogens is 196 g/mol. The molecule has 0 saturated carbocycles. The summed E-state index contributed by atoms with van der Waals surface area (Å²) in [6, 6.07) is 0. The van der Waals surface area contributed by atoms with Gasteiger partial charge in [0.2, 0.25) is 0 Å². The Balaban J connectivity index is 2.00. The van der Waals surface area contributed by atoms with Crippen molar-refractivity contribution in [3.63, 3.8) is 0 Å². The van der Waals surface area contributed by atoms with E-state index in [0.717, 1.165) is 18.1 Å². The van der Waals surface area contributed by atoms with Crippen LogP contribution in [0.1, 0.15) is 30.4 Å². The Morgan fingerprint density at radius 1 is 1.57 bits per heavy atom. The van der Waals surface area contributed by atoms with E-state index >= 15 is 0 Å². The summed E-state index contributed by atoms with van der Waals surface area (Å²) in [5.41, 5.74) is 5.46. The van der Waals surface area contributed by atoms with E-state index in [0.29, 0.717) is 12.5 Å². The highest BCUT2D eigenvalue weighted by atomic mass is 32.2. The number of nitrogens with zero attached hydrogens (tertiary/aromatic N) is 2. The Morgan fingerprint density at radius 3 is 3.21 bits per heavy atom. The minimum atomic E-state index is 0.552. The molecule has 1 unspecified atom stereocenters. The molecule has 4 nitrogen and oxygen atoms in total. The first-order valence-electron chi connectivity index (χ1n) is 5.09. The number of rotatable bonds is 3. The summed E-state index contributed by atoms with van der Waals surface area (Å²) in [5, 5.41) is 7.21. The molecule has 1 fully saturated rings. The van der Waals surface area contributed by atoms with Gasteiger partial charge in [0.25, 0.3) is 0 Å². The number of aromatic nitrogens is 3. The Labute approximate surface area is 88.1 Å². The topological polar surface area (TPSA) is 67.6 Å². The molecule has 1 aliphatic rings. The van der Waals surface area contributed by atoms with Crippen molar-refractivity contribution in [1.29, 1.82) is 0 Å². The molecule has 0 bridgehead atoms. The van der Waals surface area contributed by atoms with Gasteiger partial charge in [0, 0.05) is 18.1 Å². The van der Waals surface area contributed by atoms with E-state index in [1.54, 1.807) is 0 Å². The zero-order valence-electron chi connectivity index (χ0n) is 8.20. The van der Waals surface area contributed by atoms with E-state index in [2.05, 4.69) is 15.2 Å². The van der Waals surface area contributed by atoms with Crippen LogP contribution in [0.25, 0.3) is 0 Å². The summed E-state index contributed by atoms with van der Waals surface area (Å²) in [4.78, 5) is 4.46. The first-order valence-corrected chi connectivity index (χ1v) is 6.24. The first kappa shape index (κ1) is 9.98. The van der Waals surface area contributed by atoms with E-state index < -0.39 is 0 Å². The van der Waals surface area contributed by atoms with Crippen LogP contribution in [0.5, 0.6) is 0 Å². The Kier molecular flexibility index (Phi) is 3.42. The fraction of sp³-hybridized carbons (Fsp3) is 0.778. The third-order valence-electron chi connectivity index (χ3n) is 2.46. The lowest BCUT2D eigenvalue weighted by Gasteiger charge is -2.17.